The Morgan fingerprint density at radius 1 is 0.964 bits per heavy atom. The largest absolute Gasteiger partial charge is 0.353 e. The molecule has 7 heteroatoms. The number of hydrogen-bond donors (Lipinski definition) is 1. The molecule has 1 aromatic rings. The Morgan fingerprint density at radius 2 is 1.54 bits per heavy atom. The first-order valence-corrected chi connectivity index (χ1v) is 11.8. The maximum atomic E-state index is 12.8. The third-order valence-corrected chi connectivity index (χ3v) is 7.81. The molecule has 0 spiro atoms. The van der Waals surface area contributed by atoms with Crippen LogP contribution in [-0.4, -0.2) is 37.8 Å². The van der Waals surface area contributed by atoms with Crippen LogP contribution in [0.2, 0.25) is 0 Å². The number of nitrogens with zero attached hydrogens (tertiary/aromatic N) is 2. The number of carbonyl (C=O) groups is 1. The molecule has 0 unspecified atom stereocenters. The fourth-order valence-corrected chi connectivity index (χ4v) is 5.60. The summed E-state index contributed by atoms with van der Waals surface area (Å²) in [6.07, 6.45) is 9.35. The Hall–Kier alpha value is -1.91. The van der Waals surface area contributed by atoms with Crippen LogP contribution < -0.4 is 5.32 Å². The predicted molar refractivity (Wildman–Crippen MR) is 107 cm³/mol. The van der Waals surface area contributed by atoms with Gasteiger partial charge in [0.1, 0.15) is 0 Å². The number of benzene rings is 1. The SMILES string of the molecule is N#Cc1ccc(S(=O)(=O)N2CCC(C(=O)NC3CCCCCCC3)CC2)cc1. The molecule has 1 aliphatic carbocycles. The van der Waals surface area contributed by atoms with E-state index in [1.807, 2.05) is 6.07 Å². The van der Waals surface area contributed by atoms with Crippen molar-refractivity contribution in [1.82, 2.24) is 9.62 Å². The fraction of sp³-hybridized carbons (Fsp3) is 0.619. The van der Waals surface area contributed by atoms with Gasteiger partial charge in [0, 0.05) is 25.0 Å². The van der Waals surface area contributed by atoms with Gasteiger partial charge in [-0.05, 0) is 49.9 Å². The fourth-order valence-electron chi connectivity index (χ4n) is 4.13. The van der Waals surface area contributed by atoms with E-state index in [0.717, 1.165) is 12.8 Å². The monoisotopic (exact) mass is 403 g/mol. The first kappa shape index (κ1) is 20.8. The summed E-state index contributed by atoms with van der Waals surface area (Å²) in [4.78, 5) is 12.8. The molecule has 1 saturated carbocycles. The zero-order chi connectivity index (χ0) is 20.0. The Morgan fingerprint density at radius 3 is 2.11 bits per heavy atom. The van der Waals surface area contributed by atoms with Gasteiger partial charge in [-0.2, -0.15) is 9.57 Å². The average molecular weight is 404 g/mol. The highest BCUT2D eigenvalue weighted by Crippen LogP contribution is 2.25. The summed E-state index contributed by atoms with van der Waals surface area (Å²) in [7, 11) is -3.58. The molecule has 1 amide bonds. The number of rotatable bonds is 4. The van der Waals surface area contributed by atoms with Gasteiger partial charge >= 0.3 is 0 Å². The summed E-state index contributed by atoms with van der Waals surface area (Å²) in [6, 6.07) is 8.24. The first-order chi connectivity index (χ1) is 13.5. The number of nitriles is 1. The molecule has 1 aliphatic heterocycles. The number of hydrogen-bond acceptors (Lipinski definition) is 4. The van der Waals surface area contributed by atoms with Crippen molar-refractivity contribution < 1.29 is 13.2 Å². The molecule has 28 heavy (non-hydrogen) atoms. The van der Waals surface area contributed by atoms with Crippen LogP contribution in [0, 0.1) is 17.2 Å². The molecule has 2 fully saturated rings. The maximum absolute atomic E-state index is 12.8. The van der Waals surface area contributed by atoms with E-state index in [2.05, 4.69) is 5.32 Å². The van der Waals surface area contributed by atoms with Gasteiger partial charge in [-0.1, -0.05) is 32.1 Å². The molecule has 6 nitrogen and oxygen atoms in total. The van der Waals surface area contributed by atoms with Crippen LogP contribution >= 0.6 is 0 Å². The summed E-state index contributed by atoms with van der Waals surface area (Å²) in [5.41, 5.74) is 0.434. The number of amides is 1. The van der Waals surface area contributed by atoms with E-state index < -0.39 is 10.0 Å². The Labute approximate surface area is 168 Å². The first-order valence-electron chi connectivity index (χ1n) is 10.3. The molecular formula is C21H29N3O3S. The van der Waals surface area contributed by atoms with Crippen LogP contribution in [-0.2, 0) is 14.8 Å². The molecule has 2 aliphatic rings. The van der Waals surface area contributed by atoms with Crippen LogP contribution in [0.1, 0.15) is 63.4 Å². The maximum Gasteiger partial charge on any atom is 0.243 e. The zero-order valence-corrected chi connectivity index (χ0v) is 17.1. The summed E-state index contributed by atoms with van der Waals surface area (Å²) in [5, 5.41) is 12.1. The van der Waals surface area contributed by atoms with Crippen molar-refractivity contribution in [2.45, 2.75) is 68.7 Å². The van der Waals surface area contributed by atoms with Crippen LogP contribution in [0.15, 0.2) is 29.2 Å². The van der Waals surface area contributed by atoms with Gasteiger partial charge in [0.15, 0.2) is 0 Å². The highest BCUT2D eigenvalue weighted by molar-refractivity contribution is 7.89. The number of carbonyl (C=O) groups excluding carboxylic acids is 1. The van der Waals surface area contributed by atoms with Gasteiger partial charge in [0.2, 0.25) is 15.9 Å². The summed E-state index contributed by atoms with van der Waals surface area (Å²) in [6.45, 7) is 0.705. The van der Waals surface area contributed by atoms with Gasteiger partial charge in [0.05, 0.1) is 16.5 Å². The molecule has 3 rings (SSSR count). The minimum Gasteiger partial charge on any atom is -0.353 e. The smallest absolute Gasteiger partial charge is 0.243 e. The van der Waals surface area contributed by atoms with E-state index in [9.17, 15) is 13.2 Å². The van der Waals surface area contributed by atoms with Crippen molar-refractivity contribution >= 4 is 15.9 Å². The van der Waals surface area contributed by atoms with Crippen molar-refractivity contribution in [3.63, 3.8) is 0 Å². The number of piperidine rings is 1. The standard InChI is InChI=1S/C21H29N3O3S/c22-16-17-8-10-20(11-9-17)28(26,27)24-14-12-18(13-15-24)21(25)23-19-6-4-2-1-3-5-7-19/h8-11,18-19H,1-7,12-15H2,(H,23,25). The second kappa shape index (κ2) is 9.53. The van der Waals surface area contributed by atoms with Crippen molar-refractivity contribution in [3.05, 3.63) is 29.8 Å². The summed E-state index contributed by atoms with van der Waals surface area (Å²) >= 11 is 0. The Kier molecular flexibility index (Phi) is 7.08. The third-order valence-electron chi connectivity index (χ3n) is 5.90. The normalized spacial score (nSPS) is 20.7. The molecule has 1 N–H and O–H groups in total. The van der Waals surface area contributed by atoms with E-state index in [-0.39, 0.29) is 22.8 Å². The van der Waals surface area contributed by atoms with E-state index in [4.69, 9.17) is 5.26 Å². The van der Waals surface area contributed by atoms with Crippen LogP contribution in [0.5, 0.6) is 0 Å². The molecule has 0 atom stereocenters. The average Bonchev–Trinajstić information content (AvgIpc) is 2.70. The van der Waals surface area contributed by atoms with Crippen LogP contribution in [0.25, 0.3) is 0 Å². The van der Waals surface area contributed by atoms with Crippen molar-refractivity contribution in [2.24, 2.45) is 5.92 Å². The molecular weight excluding hydrogens is 374 g/mol. The Bertz CT molecular complexity index is 798. The van der Waals surface area contributed by atoms with Gasteiger partial charge in [0.25, 0.3) is 0 Å². The van der Waals surface area contributed by atoms with E-state index >= 15 is 0 Å². The molecule has 1 aromatic carbocycles. The molecule has 152 valence electrons. The quantitative estimate of drug-likeness (QED) is 0.836. The van der Waals surface area contributed by atoms with Crippen molar-refractivity contribution in [3.8, 4) is 6.07 Å². The van der Waals surface area contributed by atoms with Gasteiger partial charge in [-0.25, -0.2) is 8.42 Å². The zero-order valence-electron chi connectivity index (χ0n) is 16.3. The molecule has 0 radical (unpaired) electrons. The third kappa shape index (κ3) is 5.12. The lowest BCUT2D eigenvalue weighted by Crippen LogP contribution is -2.45. The molecule has 1 saturated heterocycles. The minimum atomic E-state index is -3.58. The lowest BCUT2D eigenvalue weighted by Gasteiger charge is -2.31. The highest BCUT2D eigenvalue weighted by Gasteiger charge is 2.32. The van der Waals surface area contributed by atoms with Gasteiger partial charge < -0.3 is 5.32 Å². The Balaban J connectivity index is 1.54. The molecule has 0 aromatic heterocycles. The van der Waals surface area contributed by atoms with Crippen molar-refractivity contribution in [1.29, 1.82) is 5.26 Å². The topological polar surface area (TPSA) is 90.3 Å². The highest BCUT2D eigenvalue weighted by atomic mass is 32.2. The van der Waals surface area contributed by atoms with Crippen LogP contribution in [0.3, 0.4) is 0 Å². The van der Waals surface area contributed by atoms with Crippen molar-refractivity contribution in [2.75, 3.05) is 13.1 Å². The minimum absolute atomic E-state index is 0.0843. The van der Waals surface area contributed by atoms with Gasteiger partial charge in [-0.3, -0.25) is 4.79 Å². The molecule has 1 heterocycles. The van der Waals surface area contributed by atoms with Gasteiger partial charge in [-0.15, -0.1) is 0 Å². The number of sulfonamides is 1. The lowest BCUT2D eigenvalue weighted by atomic mass is 9.94. The lowest BCUT2D eigenvalue weighted by molar-refractivity contribution is -0.127. The summed E-state index contributed by atoms with van der Waals surface area (Å²) in [5.74, 6) is -0.0288. The van der Waals surface area contributed by atoms with E-state index in [1.54, 1.807) is 0 Å². The molecule has 0 bridgehead atoms. The van der Waals surface area contributed by atoms with Crippen LogP contribution in [0.4, 0.5) is 0 Å². The second-order valence-corrected chi connectivity index (χ2v) is 9.80. The predicted octanol–water partition coefficient (Wildman–Crippen LogP) is 3.19. The second-order valence-electron chi connectivity index (χ2n) is 7.87. The number of nitrogens with one attached hydrogen (secondary N) is 1. The van der Waals surface area contributed by atoms with E-state index in [0.29, 0.717) is 31.5 Å². The van der Waals surface area contributed by atoms with E-state index in [1.165, 1.54) is 60.7 Å². The summed E-state index contributed by atoms with van der Waals surface area (Å²) < 4.78 is 27.0.